The van der Waals surface area contributed by atoms with E-state index in [9.17, 15) is 0 Å². The molecular weight excluding hydrogens is 306 g/mol. The van der Waals surface area contributed by atoms with Crippen molar-refractivity contribution in [3.63, 3.8) is 0 Å². The molecular formula is C17H21N5O2. The minimum Gasteiger partial charge on any atom is -0.494 e. The lowest BCUT2D eigenvalue weighted by molar-refractivity contribution is -0.0351. The number of aromatic amines is 1. The van der Waals surface area contributed by atoms with E-state index < -0.39 is 0 Å². The molecule has 1 aliphatic rings. The molecule has 7 heteroatoms. The maximum absolute atomic E-state index is 8.77. The van der Waals surface area contributed by atoms with Gasteiger partial charge in [-0.15, -0.1) is 0 Å². The van der Waals surface area contributed by atoms with E-state index in [1.165, 1.54) is 0 Å². The molecule has 3 rings (SSSR count). The van der Waals surface area contributed by atoms with E-state index in [1.54, 1.807) is 12.1 Å². The van der Waals surface area contributed by atoms with Crippen LogP contribution in [0.1, 0.15) is 29.7 Å². The number of aryl methyl sites for hydroxylation is 1. The van der Waals surface area contributed by atoms with Gasteiger partial charge in [-0.3, -0.25) is 10.00 Å². The van der Waals surface area contributed by atoms with Crippen molar-refractivity contribution in [3.8, 4) is 11.8 Å². The van der Waals surface area contributed by atoms with Crippen molar-refractivity contribution in [3.05, 3.63) is 41.5 Å². The summed E-state index contributed by atoms with van der Waals surface area (Å²) in [5, 5.41) is 15.8. The van der Waals surface area contributed by atoms with Gasteiger partial charge >= 0.3 is 0 Å². The second kappa shape index (κ2) is 7.90. The monoisotopic (exact) mass is 327 g/mol. The first-order chi connectivity index (χ1) is 11.7. The van der Waals surface area contributed by atoms with E-state index in [0.29, 0.717) is 18.8 Å². The van der Waals surface area contributed by atoms with Gasteiger partial charge in [0.05, 0.1) is 24.8 Å². The van der Waals surface area contributed by atoms with Gasteiger partial charge in [0, 0.05) is 19.6 Å². The third-order valence-corrected chi connectivity index (χ3v) is 3.92. The molecule has 1 aliphatic heterocycles. The first-order valence-electron chi connectivity index (χ1n) is 8.10. The molecule has 0 amide bonds. The maximum atomic E-state index is 8.77. The van der Waals surface area contributed by atoms with Crippen LogP contribution in [-0.4, -0.2) is 52.9 Å². The SMILES string of the molecule is Cc1nc([C@H]2CN(CCCOc3ccc(C#N)cc3)CCO2)n[nH]1. The first kappa shape index (κ1) is 16.4. The van der Waals surface area contributed by atoms with Crippen molar-refractivity contribution in [2.45, 2.75) is 19.4 Å². The highest BCUT2D eigenvalue weighted by Crippen LogP contribution is 2.19. The molecule has 2 heterocycles. The summed E-state index contributed by atoms with van der Waals surface area (Å²) in [5.41, 5.74) is 0.643. The summed E-state index contributed by atoms with van der Waals surface area (Å²) < 4.78 is 11.5. The summed E-state index contributed by atoms with van der Waals surface area (Å²) in [6.07, 6.45) is 0.864. The fourth-order valence-electron chi connectivity index (χ4n) is 2.67. The van der Waals surface area contributed by atoms with Crippen molar-refractivity contribution >= 4 is 0 Å². The number of nitrogens with one attached hydrogen (secondary N) is 1. The molecule has 1 aromatic carbocycles. The highest BCUT2D eigenvalue weighted by molar-refractivity contribution is 5.34. The summed E-state index contributed by atoms with van der Waals surface area (Å²) in [5.74, 6) is 2.33. The number of nitriles is 1. The number of ether oxygens (including phenoxy) is 2. The summed E-state index contributed by atoms with van der Waals surface area (Å²) >= 11 is 0. The quantitative estimate of drug-likeness (QED) is 0.815. The Morgan fingerprint density at radius 2 is 2.25 bits per heavy atom. The van der Waals surface area contributed by atoms with Gasteiger partial charge in [0.2, 0.25) is 0 Å². The Kier molecular flexibility index (Phi) is 5.41. The smallest absolute Gasteiger partial charge is 0.180 e. The van der Waals surface area contributed by atoms with Crippen molar-refractivity contribution < 1.29 is 9.47 Å². The number of morpholine rings is 1. The second-order valence-electron chi connectivity index (χ2n) is 5.78. The fourth-order valence-corrected chi connectivity index (χ4v) is 2.67. The number of H-pyrrole nitrogens is 1. The highest BCUT2D eigenvalue weighted by atomic mass is 16.5. The van der Waals surface area contributed by atoms with Gasteiger partial charge in [-0.2, -0.15) is 10.4 Å². The van der Waals surface area contributed by atoms with Crippen molar-refractivity contribution in [1.29, 1.82) is 5.26 Å². The minimum absolute atomic E-state index is 0.0665. The van der Waals surface area contributed by atoms with Gasteiger partial charge in [-0.05, 0) is 37.6 Å². The van der Waals surface area contributed by atoms with Crippen LogP contribution in [0, 0.1) is 18.3 Å². The molecule has 1 N–H and O–H groups in total. The maximum Gasteiger partial charge on any atom is 0.180 e. The van der Waals surface area contributed by atoms with Crippen LogP contribution in [0.4, 0.5) is 0 Å². The molecule has 0 aliphatic carbocycles. The van der Waals surface area contributed by atoms with E-state index in [0.717, 1.165) is 43.5 Å². The predicted octanol–water partition coefficient (Wildman–Crippen LogP) is 1.83. The third-order valence-electron chi connectivity index (χ3n) is 3.92. The number of hydrogen-bond donors (Lipinski definition) is 1. The number of aromatic nitrogens is 3. The first-order valence-corrected chi connectivity index (χ1v) is 8.10. The molecule has 24 heavy (non-hydrogen) atoms. The molecule has 1 aromatic heterocycles. The zero-order chi connectivity index (χ0) is 16.8. The van der Waals surface area contributed by atoms with Crippen LogP contribution < -0.4 is 4.74 Å². The van der Waals surface area contributed by atoms with Gasteiger partial charge in [-0.25, -0.2) is 4.98 Å². The van der Waals surface area contributed by atoms with Gasteiger partial charge < -0.3 is 9.47 Å². The summed E-state index contributed by atoms with van der Waals surface area (Å²) in [6.45, 7) is 5.88. The van der Waals surface area contributed by atoms with Crippen LogP contribution in [0.25, 0.3) is 0 Å². The Balaban J connectivity index is 1.40. The Morgan fingerprint density at radius 1 is 1.42 bits per heavy atom. The average molecular weight is 327 g/mol. The van der Waals surface area contributed by atoms with Crippen molar-refractivity contribution in [1.82, 2.24) is 20.1 Å². The standard InChI is InChI=1S/C17H21N5O2/c1-13-19-17(21-20-13)16-12-22(8-10-24-16)7-2-9-23-15-5-3-14(11-18)4-6-15/h3-6,16H,2,7-10,12H2,1H3,(H,19,20,21)/t16-/m1/s1. The summed E-state index contributed by atoms with van der Waals surface area (Å²) in [4.78, 5) is 6.70. The lowest BCUT2D eigenvalue weighted by atomic mass is 10.2. The lowest BCUT2D eigenvalue weighted by Gasteiger charge is -2.31. The largest absolute Gasteiger partial charge is 0.494 e. The van der Waals surface area contributed by atoms with E-state index in [1.807, 2.05) is 19.1 Å². The lowest BCUT2D eigenvalue weighted by Crippen LogP contribution is -2.39. The number of nitrogens with zero attached hydrogens (tertiary/aromatic N) is 4. The normalized spacial score (nSPS) is 18.2. The predicted molar refractivity (Wildman–Crippen MR) is 87.5 cm³/mol. The molecule has 0 spiro atoms. The molecule has 1 fully saturated rings. The van der Waals surface area contributed by atoms with Crippen LogP contribution >= 0.6 is 0 Å². The Bertz CT molecular complexity index is 692. The Morgan fingerprint density at radius 3 is 2.96 bits per heavy atom. The van der Waals surface area contributed by atoms with Crippen molar-refractivity contribution in [2.24, 2.45) is 0 Å². The number of benzene rings is 1. The van der Waals surface area contributed by atoms with Crippen LogP contribution in [0.2, 0.25) is 0 Å². The zero-order valence-corrected chi connectivity index (χ0v) is 13.7. The molecule has 0 radical (unpaired) electrons. The molecule has 1 saturated heterocycles. The van der Waals surface area contributed by atoms with Gasteiger partial charge in [0.1, 0.15) is 17.7 Å². The number of rotatable bonds is 6. The topological polar surface area (TPSA) is 87.1 Å². The van der Waals surface area contributed by atoms with Gasteiger partial charge in [-0.1, -0.05) is 0 Å². The van der Waals surface area contributed by atoms with Crippen LogP contribution in [0.15, 0.2) is 24.3 Å². The summed E-state index contributed by atoms with van der Waals surface area (Å²) in [6, 6.07) is 9.28. The molecule has 2 aromatic rings. The van der Waals surface area contributed by atoms with E-state index in [-0.39, 0.29) is 6.10 Å². The average Bonchev–Trinajstić information content (AvgIpc) is 3.06. The van der Waals surface area contributed by atoms with E-state index in [4.69, 9.17) is 14.7 Å². The number of hydrogen-bond acceptors (Lipinski definition) is 6. The molecule has 1 atom stereocenters. The fraction of sp³-hybridized carbons (Fsp3) is 0.471. The van der Waals surface area contributed by atoms with Crippen LogP contribution in [0.3, 0.4) is 0 Å². The molecule has 126 valence electrons. The van der Waals surface area contributed by atoms with E-state index in [2.05, 4.69) is 26.2 Å². The summed E-state index contributed by atoms with van der Waals surface area (Å²) in [7, 11) is 0. The van der Waals surface area contributed by atoms with Gasteiger partial charge in [0.15, 0.2) is 5.82 Å². The van der Waals surface area contributed by atoms with E-state index >= 15 is 0 Å². The molecule has 0 unspecified atom stereocenters. The second-order valence-corrected chi connectivity index (χ2v) is 5.78. The molecule has 0 bridgehead atoms. The zero-order valence-electron chi connectivity index (χ0n) is 13.7. The Hall–Kier alpha value is -2.43. The minimum atomic E-state index is -0.0665. The third kappa shape index (κ3) is 4.31. The van der Waals surface area contributed by atoms with Crippen LogP contribution in [0.5, 0.6) is 5.75 Å². The molecule has 0 saturated carbocycles. The van der Waals surface area contributed by atoms with Crippen LogP contribution in [-0.2, 0) is 4.74 Å². The van der Waals surface area contributed by atoms with Gasteiger partial charge in [0.25, 0.3) is 0 Å². The van der Waals surface area contributed by atoms with Crippen molar-refractivity contribution in [2.75, 3.05) is 32.8 Å². The molecule has 7 nitrogen and oxygen atoms in total. The Labute approximate surface area is 141 Å². The highest BCUT2D eigenvalue weighted by Gasteiger charge is 2.24.